The first-order valence-corrected chi connectivity index (χ1v) is 7.57. The number of furan rings is 1. The van der Waals surface area contributed by atoms with Crippen LogP contribution in [0.25, 0.3) is 0 Å². The summed E-state index contributed by atoms with van der Waals surface area (Å²) in [6, 6.07) is 7.84. The second-order valence-electron chi connectivity index (χ2n) is 4.55. The monoisotopic (exact) mass is 294 g/mol. The van der Waals surface area contributed by atoms with E-state index in [9.17, 15) is 13.2 Å². The van der Waals surface area contributed by atoms with Crippen molar-refractivity contribution in [2.75, 3.05) is 0 Å². The van der Waals surface area contributed by atoms with Crippen LogP contribution < -0.4 is 0 Å². The summed E-state index contributed by atoms with van der Waals surface area (Å²) in [6.45, 7) is 3.67. The van der Waals surface area contributed by atoms with Gasteiger partial charge in [-0.1, -0.05) is 18.2 Å². The fourth-order valence-corrected chi connectivity index (χ4v) is 3.41. The summed E-state index contributed by atoms with van der Waals surface area (Å²) >= 11 is 0. The van der Waals surface area contributed by atoms with E-state index in [1.54, 1.807) is 0 Å². The first-order chi connectivity index (χ1) is 9.31. The van der Waals surface area contributed by atoms with Crippen LogP contribution in [0.1, 0.15) is 27.2 Å². The summed E-state index contributed by atoms with van der Waals surface area (Å²) in [5, 5.41) is 8.43. The highest BCUT2D eigenvalue weighted by Crippen LogP contribution is 2.23. The first-order valence-electron chi connectivity index (χ1n) is 5.92. The number of carboxylic acids is 1. The van der Waals surface area contributed by atoms with E-state index in [2.05, 4.69) is 0 Å². The van der Waals surface area contributed by atoms with E-state index < -0.39 is 15.8 Å². The molecule has 1 aromatic heterocycles. The molecule has 0 aliphatic carbocycles. The lowest BCUT2D eigenvalue weighted by molar-refractivity contribution is 0.0656. The van der Waals surface area contributed by atoms with Crippen LogP contribution in [0.15, 0.2) is 39.8 Å². The third-order valence-electron chi connectivity index (χ3n) is 3.08. The van der Waals surface area contributed by atoms with E-state index in [1.807, 2.05) is 32.0 Å². The molecule has 2 aromatic rings. The highest BCUT2D eigenvalue weighted by Gasteiger charge is 2.23. The molecule has 20 heavy (non-hydrogen) atoms. The molecule has 0 aliphatic rings. The molecule has 6 heteroatoms. The van der Waals surface area contributed by atoms with Crippen molar-refractivity contribution in [3.05, 3.63) is 52.8 Å². The summed E-state index contributed by atoms with van der Waals surface area (Å²) in [6.07, 6.45) is 0. The molecule has 0 unspecified atom stereocenters. The molecule has 5 nitrogen and oxygen atoms in total. The van der Waals surface area contributed by atoms with Gasteiger partial charge in [-0.15, -0.1) is 0 Å². The zero-order valence-electron chi connectivity index (χ0n) is 11.1. The molecule has 2 rings (SSSR count). The molecule has 0 saturated carbocycles. The molecule has 106 valence electrons. The van der Waals surface area contributed by atoms with Crippen LogP contribution in [0.3, 0.4) is 0 Å². The topological polar surface area (TPSA) is 84.6 Å². The van der Waals surface area contributed by atoms with E-state index >= 15 is 0 Å². The van der Waals surface area contributed by atoms with Crippen molar-refractivity contribution in [2.24, 2.45) is 0 Å². The minimum absolute atomic E-state index is 0.210. The summed E-state index contributed by atoms with van der Waals surface area (Å²) in [7, 11) is -3.70. The number of sulfone groups is 1. The number of benzene rings is 1. The quantitative estimate of drug-likeness (QED) is 0.936. The van der Waals surface area contributed by atoms with Crippen molar-refractivity contribution < 1.29 is 22.7 Å². The number of aryl methyl sites for hydroxylation is 2. The van der Waals surface area contributed by atoms with Crippen molar-refractivity contribution in [1.29, 1.82) is 0 Å². The highest BCUT2D eigenvalue weighted by molar-refractivity contribution is 7.90. The van der Waals surface area contributed by atoms with Crippen LogP contribution in [0.5, 0.6) is 0 Å². The van der Waals surface area contributed by atoms with Gasteiger partial charge in [-0.25, -0.2) is 13.2 Å². The Morgan fingerprint density at radius 2 is 1.75 bits per heavy atom. The standard InChI is InChI=1S/C14H14O5S/c1-9-4-3-5-10(2)11(9)8-20(17,18)13-7-6-12(19-13)14(15)16/h3-7H,8H2,1-2H3,(H,15,16). The Hall–Kier alpha value is -2.08. The number of carbonyl (C=O) groups is 1. The largest absolute Gasteiger partial charge is 0.475 e. The van der Waals surface area contributed by atoms with Gasteiger partial charge in [0.05, 0.1) is 5.75 Å². The van der Waals surface area contributed by atoms with Crippen LogP contribution in [0.2, 0.25) is 0 Å². The lowest BCUT2D eigenvalue weighted by Crippen LogP contribution is -2.07. The van der Waals surface area contributed by atoms with Gasteiger partial charge in [-0.3, -0.25) is 0 Å². The van der Waals surface area contributed by atoms with Gasteiger partial charge in [-0.2, -0.15) is 0 Å². The number of carboxylic acid groups (broad SMARTS) is 1. The molecule has 0 aliphatic heterocycles. The van der Waals surface area contributed by atoms with Crippen molar-refractivity contribution in [1.82, 2.24) is 0 Å². The molecular weight excluding hydrogens is 280 g/mol. The van der Waals surface area contributed by atoms with Crippen molar-refractivity contribution in [2.45, 2.75) is 24.7 Å². The number of hydrogen-bond donors (Lipinski definition) is 1. The second-order valence-corrected chi connectivity index (χ2v) is 6.47. The predicted molar refractivity (Wildman–Crippen MR) is 72.5 cm³/mol. The molecular formula is C14H14O5S. The summed E-state index contributed by atoms with van der Waals surface area (Å²) in [5.74, 6) is -1.89. The van der Waals surface area contributed by atoms with Gasteiger partial charge in [-0.05, 0) is 42.7 Å². The van der Waals surface area contributed by atoms with Gasteiger partial charge in [0, 0.05) is 0 Å². The normalized spacial score (nSPS) is 11.5. The van der Waals surface area contributed by atoms with Crippen LogP contribution >= 0.6 is 0 Å². The number of hydrogen-bond acceptors (Lipinski definition) is 4. The average molecular weight is 294 g/mol. The van der Waals surface area contributed by atoms with Gasteiger partial charge in [0.1, 0.15) is 0 Å². The van der Waals surface area contributed by atoms with Crippen molar-refractivity contribution in [3.8, 4) is 0 Å². The highest BCUT2D eigenvalue weighted by atomic mass is 32.2. The molecule has 0 spiro atoms. The maximum Gasteiger partial charge on any atom is 0.371 e. The van der Waals surface area contributed by atoms with E-state index in [1.165, 1.54) is 6.07 Å². The SMILES string of the molecule is Cc1cccc(C)c1CS(=O)(=O)c1ccc(C(=O)O)o1. The third kappa shape index (κ3) is 2.75. The van der Waals surface area contributed by atoms with Crippen molar-refractivity contribution in [3.63, 3.8) is 0 Å². The van der Waals surface area contributed by atoms with Crippen LogP contribution in [0, 0.1) is 13.8 Å². The maximum atomic E-state index is 12.3. The zero-order chi connectivity index (χ0) is 14.9. The van der Waals surface area contributed by atoms with Crippen LogP contribution in [-0.2, 0) is 15.6 Å². The van der Waals surface area contributed by atoms with Crippen LogP contribution in [-0.4, -0.2) is 19.5 Å². The molecule has 1 aromatic carbocycles. The fraction of sp³-hybridized carbons (Fsp3) is 0.214. The fourth-order valence-electron chi connectivity index (χ4n) is 1.94. The van der Waals surface area contributed by atoms with E-state index in [4.69, 9.17) is 9.52 Å². The Bertz CT molecular complexity index is 735. The average Bonchev–Trinajstić information content (AvgIpc) is 2.84. The molecule has 0 amide bonds. The minimum atomic E-state index is -3.70. The van der Waals surface area contributed by atoms with Gasteiger partial charge in [0.25, 0.3) is 0 Å². The Kier molecular flexibility index (Phi) is 3.67. The zero-order valence-corrected chi connectivity index (χ0v) is 11.9. The smallest absolute Gasteiger partial charge is 0.371 e. The molecule has 0 saturated heterocycles. The predicted octanol–water partition coefficient (Wildman–Crippen LogP) is 2.57. The number of rotatable bonds is 4. The molecule has 1 heterocycles. The molecule has 1 N–H and O–H groups in total. The molecule has 0 bridgehead atoms. The van der Waals surface area contributed by atoms with Gasteiger partial charge < -0.3 is 9.52 Å². The summed E-state index contributed by atoms with van der Waals surface area (Å²) in [4.78, 5) is 10.7. The van der Waals surface area contributed by atoms with Gasteiger partial charge >= 0.3 is 5.97 Å². The summed E-state index contributed by atoms with van der Waals surface area (Å²) < 4.78 is 29.4. The second kappa shape index (κ2) is 5.13. The van der Waals surface area contributed by atoms with Crippen LogP contribution in [0.4, 0.5) is 0 Å². The van der Waals surface area contributed by atoms with E-state index in [0.717, 1.165) is 17.2 Å². The Morgan fingerprint density at radius 3 is 2.25 bits per heavy atom. The number of aromatic carboxylic acids is 1. The lowest BCUT2D eigenvalue weighted by atomic mass is 10.1. The Balaban J connectivity index is 2.38. The third-order valence-corrected chi connectivity index (χ3v) is 4.58. The van der Waals surface area contributed by atoms with Gasteiger partial charge in [0.15, 0.2) is 0 Å². The minimum Gasteiger partial charge on any atom is -0.475 e. The first kappa shape index (κ1) is 14.3. The van der Waals surface area contributed by atoms with Crippen molar-refractivity contribution >= 4 is 15.8 Å². The Labute approximate surface area is 116 Å². The summed E-state index contributed by atoms with van der Waals surface area (Å²) in [5.41, 5.74) is 2.46. The molecule has 0 radical (unpaired) electrons. The maximum absolute atomic E-state index is 12.3. The lowest BCUT2D eigenvalue weighted by Gasteiger charge is -2.08. The Morgan fingerprint density at radius 1 is 1.15 bits per heavy atom. The molecule has 0 fully saturated rings. The molecule has 0 atom stereocenters. The van der Waals surface area contributed by atoms with Gasteiger partial charge in [0.2, 0.25) is 20.7 Å². The van der Waals surface area contributed by atoms with E-state index in [-0.39, 0.29) is 16.6 Å². The van der Waals surface area contributed by atoms with E-state index in [0.29, 0.717) is 5.56 Å².